The van der Waals surface area contributed by atoms with Gasteiger partial charge in [-0.2, -0.15) is 5.21 Å². The first-order chi connectivity index (χ1) is 8.36. The average molecular weight is 247 g/mol. The molecule has 0 spiro atoms. The molecule has 0 radical (unpaired) electrons. The van der Waals surface area contributed by atoms with E-state index in [1.165, 1.54) is 0 Å². The summed E-state index contributed by atoms with van der Waals surface area (Å²) in [6.45, 7) is 0.662. The monoisotopic (exact) mass is 247 g/mol. The van der Waals surface area contributed by atoms with Gasteiger partial charge in [0.25, 0.3) is 11.7 Å². The van der Waals surface area contributed by atoms with Gasteiger partial charge in [-0.3, -0.25) is 4.79 Å². The number of H-pyrrole nitrogens is 1. The lowest BCUT2D eigenvalue weighted by Crippen LogP contribution is -2.36. The molecule has 0 saturated carbocycles. The van der Waals surface area contributed by atoms with Crippen LogP contribution in [0.3, 0.4) is 0 Å². The number of thioether (sulfide) groups is 1. The molecule has 1 aromatic heterocycles. The number of amides is 1. The molecule has 2 aromatic rings. The van der Waals surface area contributed by atoms with E-state index in [2.05, 4.69) is 20.6 Å². The van der Waals surface area contributed by atoms with Crippen LogP contribution >= 0.6 is 11.8 Å². The van der Waals surface area contributed by atoms with Gasteiger partial charge in [0, 0.05) is 17.2 Å². The molecule has 7 heteroatoms. The van der Waals surface area contributed by atoms with Crippen LogP contribution < -0.4 is 4.90 Å². The van der Waals surface area contributed by atoms with Gasteiger partial charge >= 0.3 is 0 Å². The Morgan fingerprint density at radius 3 is 3.12 bits per heavy atom. The fraction of sp³-hybridized carbons (Fsp3) is 0.200. The van der Waals surface area contributed by atoms with Gasteiger partial charge in [0.1, 0.15) is 0 Å². The first kappa shape index (κ1) is 10.3. The molecule has 1 N–H and O–H groups in total. The lowest BCUT2D eigenvalue weighted by Gasteiger charge is -2.27. The number of carbonyl (C=O) groups excluding carboxylic acids is 1. The Bertz CT molecular complexity index is 541. The summed E-state index contributed by atoms with van der Waals surface area (Å²) in [5, 5.41) is 13.1. The molecule has 86 valence electrons. The smallest absolute Gasteiger partial charge is 0.299 e. The maximum atomic E-state index is 12.2. The summed E-state index contributed by atoms with van der Waals surface area (Å²) < 4.78 is 0. The number of nitrogens with zero attached hydrogens (tertiary/aromatic N) is 4. The minimum Gasteiger partial charge on any atom is -0.304 e. The standard InChI is InChI=1S/C10H9N5OS/c16-10(9-11-13-14-12-9)15-5-6-17-8-4-2-1-3-7(8)15/h1-4H,5-6H2,(H,11,12,13,14). The number of anilines is 1. The highest BCUT2D eigenvalue weighted by molar-refractivity contribution is 7.99. The van der Waals surface area contributed by atoms with Crippen molar-refractivity contribution in [2.45, 2.75) is 4.90 Å². The molecule has 6 nitrogen and oxygen atoms in total. The minimum absolute atomic E-state index is 0.103. The van der Waals surface area contributed by atoms with E-state index < -0.39 is 0 Å². The average Bonchev–Trinajstić information content (AvgIpc) is 2.91. The molecule has 17 heavy (non-hydrogen) atoms. The number of tetrazole rings is 1. The molecule has 3 rings (SSSR count). The van der Waals surface area contributed by atoms with Gasteiger partial charge in [-0.05, 0) is 17.3 Å². The predicted molar refractivity (Wildman–Crippen MR) is 63.0 cm³/mol. The number of nitrogens with one attached hydrogen (secondary N) is 1. The SMILES string of the molecule is O=C(c1nn[nH]n1)N1CCSc2ccccc21. The van der Waals surface area contributed by atoms with Crippen molar-refractivity contribution in [1.29, 1.82) is 0 Å². The number of aromatic nitrogens is 4. The van der Waals surface area contributed by atoms with Crippen molar-refractivity contribution in [1.82, 2.24) is 20.6 Å². The van der Waals surface area contributed by atoms with Crippen LogP contribution in [0.15, 0.2) is 29.2 Å². The molecule has 2 heterocycles. The number of benzene rings is 1. The lowest BCUT2D eigenvalue weighted by atomic mass is 10.2. The molecule has 1 amide bonds. The highest BCUT2D eigenvalue weighted by Crippen LogP contribution is 2.34. The number of hydrogen-bond donors (Lipinski definition) is 1. The summed E-state index contributed by atoms with van der Waals surface area (Å²) in [4.78, 5) is 15.0. The Kier molecular flexibility index (Phi) is 2.52. The van der Waals surface area contributed by atoms with Gasteiger partial charge in [-0.15, -0.1) is 22.0 Å². The summed E-state index contributed by atoms with van der Waals surface area (Å²) in [7, 11) is 0. The fourth-order valence-corrected chi connectivity index (χ4v) is 2.75. The maximum absolute atomic E-state index is 12.2. The molecule has 1 aromatic carbocycles. The van der Waals surface area contributed by atoms with Crippen molar-refractivity contribution in [2.75, 3.05) is 17.2 Å². The van der Waals surface area contributed by atoms with Crippen LogP contribution in [0.25, 0.3) is 0 Å². The highest BCUT2D eigenvalue weighted by Gasteiger charge is 2.26. The predicted octanol–water partition coefficient (Wildman–Crippen LogP) is 0.952. The Labute approximate surface area is 101 Å². The Balaban J connectivity index is 1.98. The summed E-state index contributed by atoms with van der Waals surface area (Å²) in [6.07, 6.45) is 0. The van der Waals surface area contributed by atoms with Crippen molar-refractivity contribution in [3.8, 4) is 0 Å². The van der Waals surface area contributed by atoms with Gasteiger partial charge in [0.05, 0.1) is 5.69 Å². The first-order valence-corrected chi connectivity index (χ1v) is 6.12. The van der Waals surface area contributed by atoms with Crippen molar-refractivity contribution < 1.29 is 4.79 Å². The molecule has 1 aliphatic heterocycles. The van der Waals surface area contributed by atoms with Gasteiger partial charge in [0.2, 0.25) is 0 Å². The molecule has 0 aliphatic carbocycles. The topological polar surface area (TPSA) is 74.8 Å². The van der Waals surface area contributed by atoms with E-state index in [1.54, 1.807) is 16.7 Å². The summed E-state index contributed by atoms with van der Waals surface area (Å²) in [6, 6.07) is 7.82. The fourth-order valence-electron chi connectivity index (χ4n) is 1.75. The second-order valence-corrected chi connectivity index (χ2v) is 4.65. The second-order valence-electron chi connectivity index (χ2n) is 3.51. The van der Waals surface area contributed by atoms with Crippen LogP contribution in [0.5, 0.6) is 0 Å². The maximum Gasteiger partial charge on any atom is 0.299 e. The number of fused-ring (bicyclic) bond motifs is 1. The second kappa shape index (κ2) is 4.17. The van der Waals surface area contributed by atoms with Crippen LogP contribution in [0.2, 0.25) is 0 Å². The lowest BCUT2D eigenvalue weighted by molar-refractivity contribution is 0.0978. The molecular formula is C10H9N5OS. The van der Waals surface area contributed by atoms with Crippen molar-refractivity contribution in [3.05, 3.63) is 30.1 Å². The third-order valence-corrected chi connectivity index (χ3v) is 3.55. The van der Waals surface area contributed by atoms with Crippen LogP contribution in [-0.4, -0.2) is 38.8 Å². The van der Waals surface area contributed by atoms with E-state index in [1.807, 2.05) is 24.3 Å². The number of aromatic amines is 1. The number of rotatable bonds is 1. The Hall–Kier alpha value is -1.89. The van der Waals surface area contributed by atoms with E-state index in [-0.39, 0.29) is 11.7 Å². The van der Waals surface area contributed by atoms with E-state index >= 15 is 0 Å². The van der Waals surface area contributed by atoms with Crippen molar-refractivity contribution in [3.63, 3.8) is 0 Å². The largest absolute Gasteiger partial charge is 0.304 e. The normalized spacial score (nSPS) is 14.5. The van der Waals surface area contributed by atoms with Crippen molar-refractivity contribution in [2.24, 2.45) is 0 Å². The zero-order valence-electron chi connectivity index (χ0n) is 8.83. The summed E-state index contributed by atoms with van der Waals surface area (Å²) in [5.74, 6) is 0.763. The quantitative estimate of drug-likeness (QED) is 0.812. The number of carbonyl (C=O) groups is 1. The number of hydrogen-bond acceptors (Lipinski definition) is 5. The van der Waals surface area contributed by atoms with Gasteiger partial charge in [-0.25, -0.2) is 0 Å². The van der Waals surface area contributed by atoms with Crippen LogP contribution in [0.4, 0.5) is 5.69 Å². The van der Waals surface area contributed by atoms with Gasteiger partial charge < -0.3 is 4.90 Å². The summed E-state index contributed by atoms with van der Waals surface area (Å²) >= 11 is 1.75. The molecule has 0 bridgehead atoms. The van der Waals surface area contributed by atoms with Gasteiger partial charge in [0.15, 0.2) is 0 Å². The Morgan fingerprint density at radius 2 is 2.29 bits per heavy atom. The molecule has 1 aliphatic rings. The Morgan fingerprint density at radius 1 is 1.41 bits per heavy atom. The van der Waals surface area contributed by atoms with E-state index in [9.17, 15) is 4.79 Å². The third-order valence-electron chi connectivity index (χ3n) is 2.51. The minimum atomic E-state index is -0.216. The van der Waals surface area contributed by atoms with E-state index in [4.69, 9.17) is 0 Å². The van der Waals surface area contributed by atoms with Crippen LogP contribution in [0, 0.1) is 0 Å². The first-order valence-electron chi connectivity index (χ1n) is 5.13. The zero-order valence-corrected chi connectivity index (χ0v) is 9.65. The highest BCUT2D eigenvalue weighted by atomic mass is 32.2. The van der Waals surface area contributed by atoms with Crippen LogP contribution in [-0.2, 0) is 0 Å². The molecular weight excluding hydrogens is 238 g/mol. The summed E-state index contributed by atoms with van der Waals surface area (Å²) in [5.41, 5.74) is 0.915. The van der Waals surface area contributed by atoms with Crippen molar-refractivity contribution >= 4 is 23.4 Å². The number of para-hydroxylation sites is 1. The van der Waals surface area contributed by atoms with E-state index in [0.717, 1.165) is 16.3 Å². The van der Waals surface area contributed by atoms with Crippen LogP contribution in [0.1, 0.15) is 10.6 Å². The third kappa shape index (κ3) is 1.78. The van der Waals surface area contributed by atoms with Gasteiger partial charge in [-0.1, -0.05) is 12.1 Å². The molecule has 0 unspecified atom stereocenters. The molecule has 0 saturated heterocycles. The zero-order chi connectivity index (χ0) is 11.7. The van der Waals surface area contributed by atoms with E-state index in [0.29, 0.717) is 6.54 Å². The molecule has 0 atom stereocenters. The molecule has 0 fully saturated rings.